The molecule has 0 spiro atoms. The molecule has 18 heavy (non-hydrogen) atoms. The van der Waals surface area contributed by atoms with Crippen LogP contribution in [0.25, 0.3) is 5.70 Å². The van der Waals surface area contributed by atoms with Gasteiger partial charge in [0.15, 0.2) is 0 Å². The molecule has 90 valence electrons. The summed E-state index contributed by atoms with van der Waals surface area (Å²) in [5.41, 5.74) is 0.271. The first-order valence-corrected chi connectivity index (χ1v) is 5.64. The average Bonchev–Trinajstić information content (AvgIpc) is 2.38. The zero-order chi connectivity index (χ0) is 13.1. The quantitative estimate of drug-likeness (QED) is 0.628. The van der Waals surface area contributed by atoms with E-state index in [0.717, 1.165) is 0 Å². The summed E-state index contributed by atoms with van der Waals surface area (Å²) in [4.78, 5) is 23.7. The number of rotatable bonds is 3. The van der Waals surface area contributed by atoms with E-state index in [0.29, 0.717) is 10.6 Å². The van der Waals surface area contributed by atoms with Gasteiger partial charge in [0.2, 0.25) is 5.78 Å². The Kier molecular flexibility index (Phi) is 3.44. The molecule has 2 rings (SSSR count). The summed E-state index contributed by atoms with van der Waals surface area (Å²) in [5, 5.41) is 0.550. The minimum absolute atomic E-state index is 0.114. The van der Waals surface area contributed by atoms with E-state index in [-0.39, 0.29) is 17.0 Å². The highest BCUT2D eigenvalue weighted by molar-refractivity contribution is 6.31. The Morgan fingerprint density at radius 3 is 2.39 bits per heavy atom. The molecule has 1 aromatic carbocycles. The van der Waals surface area contributed by atoms with E-state index in [1.165, 1.54) is 16.8 Å². The lowest BCUT2D eigenvalue weighted by Crippen LogP contribution is -2.20. The van der Waals surface area contributed by atoms with E-state index in [9.17, 15) is 9.59 Å². The van der Waals surface area contributed by atoms with Crippen LogP contribution in [0.2, 0.25) is 5.02 Å². The average molecular weight is 260 g/mol. The van der Waals surface area contributed by atoms with Crippen molar-refractivity contribution in [2.24, 2.45) is 0 Å². The highest BCUT2D eigenvalue weighted by Crippen LogP contribution is 2.14. The monoisotopic (exact) mass is 259 g/mol. The Bertz CT molecular complexity index is 656. The number of nitrogens with zero attached hydrogens (tertiary/aromatic N) is 1. The molecule has 2 aromatic rings. The van der Waals surface area contributed by atoms with Crippen LogP contribution in [0.5, 0.6) is 0 Å². The van der Waals surface area contributed by atoms with E-state index in [4.69, 9.17) is 11.6 Å². The molecule has 4 heteroatoms. The number of pyridine rings is 1. The van der Waals surface area contributed by atoms with Gasteiger partial charge in [-0.2, -0.15) is 0 Å². The first-order valence-electron chi connectivity index (χ1n) is 5.27. The van der Waals surface area contributed by atoms with Gasteiger partial charge < -0.3 is 0 Å². The maximum atomic E-state index is 12.1. The Morgan fingerprint density at radius 2 is 1.78 bits per heavy atom. The van der Waals surface area contributed by atoms with Crippen molar-refractivity contribution in [1.82, 2.24) is 4.57 Å². The predicted octanol–water partition coefficient (Wildman–Crippen LogP) is 2.86. The smallest absolute Gasteiger partial charge is 0.255 e. The third-order valence-electron chi connectivity index (χ3n) is 2.48. The Hall–Kier alpha value is -2.13. The predicted molar refractivity (Wildman–Crippen MR) is 71.8 cm³/mol. The van der Waals surface area contributed by atoms with Crippen molar-refractivity contribution in [3.8, 4) is 0 Å². The number of hydrogen-bond donors (Lipinski definition) is 0. The zero-order valence-corrected chi connectivity index (χ0v) is 10.2. The van der Waals surface area contributed by atoms with Gasteiger partial charge in [0, 0.05) is 22.8 Å². The van der Waals surface area contributed by atoms with Crippen molar-refractivity contribution in [1.29, 1.82) is 0 Å². The number of halogens is 1. The molecule has 0 saturated heterocycles. The van der Waals surface area contributed by atoms with Gasteiger partial charge in [-0.15, -0.1) is 0 Å². The fraction of sp³-hybridized carbons (Fsp3) is 0. The lowest BCUT2D eigenvalue weighted by Gasteiger charge is -2.07. The van der Waals surface area contributed by atoms with Gasteiger partial charge in [-0.1, -0.05) is 24.2 Å². The molecular weight excluding hydrogens is 250 g/mol. The summed E-state index contributed by atoms with van der Waals surface area (Å²) in [5.74, 6) is -0.306. The second-order valence-electron chi connectivity index (χ2n) is 3.69. The van der Waals surface area contributed by atoms with Crippen LogP contribution in [0.1, 0.15) is 10.4 Å². The third kappa shape index (κ3) is 2.41. The lowest BCUT2D eigenvalue weighted by atomic mass is 10.1. The molecule has 0 bridgehead atoms. The topological polar surface area (TPSA) is 39.1 Å². The molecule has 0 fully saturated rings. The van der Waals surface area contributed by atoms with Crippen molar-refractivity contribution in [3.05, 3.63) is 76.2 Å². The maximum absolute atomic E-state index is 12.1. The van der Waals surface area contributed by atoms with Gasteiger partial charge in [0.1, 0.15) is 0 Å². The molecule has 0 N–H and O–H groups in total. The molecule has 0 unspecified atom stereocenters. The minimum Gasteiger partial charge on any atom is -0.287 e. The molecule has 0 aliphatic rings. The summed E-state index contributed by atoms with van der Waals surface area (Å²) >= 11 is 5.75. The molecule has 3 nitrogen and oxygen atoms in total. The Labute approximate surface area is 109 Å². The highest BCUT2D eigenvalue weighted by Gasteiger charge is 2.12. The van der Waals surface area contributed by atoms with Crippen LogP contribution in [-0.2, 0) is 0 Å². The van der Waals surface area contributed by atoms with Crippen molar-refractivity contribution < 1.29 is 4.79 Å². The van der Waals surface area contributed by atoms with Crippen LogP contribution >= 0.6 is 11.6 Å². The van der Waals surface area contributed by atoms with Crippen LogP contribution < -0.4 is 5.56 Å². The molecule has 0 radical (unpaired) electrons. The number of carbonyl (C=O) groups is 1. The van der Waals surface area contributed by atoms with Gasteiger partial charge in [0.05, 0.1) is 5.70 Å². The Morgan fingerprint density at radius 1 is 1.11 bits per heavy atom. The van der Waals surface area contributed by atoms with E-state index in [1.54, 1.807) is 36.4 Å². The van der Waals surface area contributed by atoms with Gasteiger partial charge in [0.25, 0.3) is 5.56 Å². The number of benzene rings is 1. The normalized spacial score (nSPS) is 10.1. The van der Waals surface area contributed by atoms with Gasteiger partial charge in [-0.05, 0) is 30.3 Å². The third-order valence-corrected chi connectivity index (χ3v) is 2.73. The molecule has 0 aliphatic carbocycles. The van der Waals surface area contributed by atoms with Crippen molar-refractivity contribution >= 4 is 23.1 Å². The number of Topliss-reactive ketones (excluding diaryl/α,β-unsaturated/α-hetero) is 1. The van der Waals surface area contributed by atoms with Crippen molar-refractivity contribution in [2.45, 2.75) is 0 Å². The summed E-state index contributed by atoms with van der Waals surface area (Å²) in [6.45, 7) is 3.66. The largest absolute Gasteiger partial charge is 0.287 e. The standard InChI is InChI=1S/C14H10ClNO2/c1-10(16-9-3-2-4-13(16)17)14(18)11-5-7-12(15)8-6-11/h2-9H,1H2. The highest BCUT2D eigenvalue weighted by atomic mass is 35.5. The number of allylic oxidation sites excluding steroid dienone is 1. The first-order chi connectivity index (χ1) is 8.59. The van der Waals surface area contributed by atoms with Gasteiger partial charge in [-0.25, -0.2) is 0 Å². The number of carbonyl (C=O) groups excluding carboxylic acids is 1. The molecule has 1 aromatic heterocycles. The van der Waals surface area contributed by atoms with Crippen LogP contribution in [0.3, 0.4) is 0 Å². The number of ketones is 1. The van der Waals surface area contributed by atoms with E-state index in [2.05, 4.69) is 6.58 Å². The number of aromatic nitrogens is 1. The second kappa shape index (κ2) is 5.02. The van der Waals surface area contributed by atoms with Crippen LogP contribution in [0, 0.1) is 0 Å². The van der Waals surface area contributed by atoms with Crippen LogP contribution in [0.4, 0.5) is 0 Å². The van der Waals surface area contributed by atoms with Crippen LogP contribution in [0.15, 0.2) is 60.0 Å². The molecule has 0 saturated carbocycles. The fourth-order valence-electron chi connectivity index (χ4n) is 1.53. The molecule has 0 aliphatic heterocycles. The SMILES string of the molecule is C=C(C(=O)c1ccc(Cl)cc1)n1ccccc1=O. The summed E-state index contributed by atoms with van der Waals surface area (Å²) in [6, 6.07) is 11.1. The maximum Gasteiger partial charge on any atom is 0.255 e. The molecule has 0 amide bonds. The minimum atomic E-state index is -0.306. The van der Waals surface area contributed by atoms with E-state index in [1.807, 2.05) is 0 Å². The first kappa shape index (κ1) is 12.3. The van der Waals surface area contributed by atoms with E-state index < -0.39 is 0 Å². The molecular formula is C14H10ClNO2. The van der Waals surface area contributed by atoms with Gasteiger partial charge in [-0.3, -0.25) is 14.2 Å². The fourth-order valence-corrected chi connectivity index (χ4v) is 1.65. The zero-order valence-electron chi connectivity index (χ0n) is 9.47. The lowest BCUT2D eigenvalue weighted by molar-refractivity contribution is 0.105. The summed E-state index contributed by atoms with van der Waals surface area (Å²) in [6.07, 6.45) is 1.51. The van der Waals surface area contributed by atoms with Crippen LogP contribution in [-0.4, -0.2) is 10.4 Å². The van der Waals surface area contributed by atoms with Crippen molar-refractivity contribution in [3.63, 3.8) is 0 Å². The summed E-state index contributed by atoms with van der Waals surface area (Å²) < 4.78 is 1.22. The number of hydrogen-bond acceptors (Lipinski definition) is 2. The molecule has 1 heterocycles. The van der Waals surface area contributed by atoms with Crippen molar-refractivity contribution in [2.75, 3.05) is 0 Å². The van der Waals surface area contributed by atoms with E-state index >= 15 is 0 Å². The second-order valence-corrected chi connectivity index (χ2v) is 4.13. The Balaban J connectivity index is 2.36. The summed E-state index contributed by atoms with van der Waals surface area (Å²) in [7, 11) is 0. The molecule has 0 atom stereocenters. The van der Waals surface area contributed by atoms with Gasteiger partial charge >= 0.3 is 0 Å².